The van der Waals surface area contributed by atoms with Crippen LogP contribution in [-0.4, -0.2) is 10.2 Å². The molecule has 3 aromatic carbocycles. The molecule has 0 saturated heterocycles. The van der Waals surface area contributed by atoms with E-state index in [2.05, 4.69) is 10.2 Å². The molecule has 24 heavy (non-hydrogen) atoms. The minimum atomic E-state index is -0.304. The normalized spacial score (nSPS) is 10.8. The Balaban J connectivity index is 2.14. The number of benzene rings is 3. The molecule has 0 aliphatic heterocycles. The van der Waals surface area contributed by atoms with Gasteiger partial charge in [0.15, 0.2) is 0 Å². The van der Waals surface area contributed by atoms with E-state index in [-0.39, 0.29) is 11.1 Å². The molecule has 0 aliphatic rings. The fourth-order valence-corrected chi connectivity index (χ4v) is 2.94. The van der Waals surface area contributed by atoms with Crippen LogP contribution in [-0.2, 0) is 0 Å². The van der Waals surface area contributed by atoms with Crippen LogP contribution in [0.15, 0.2) is 82.4 Å². The van der Waals surface area contributed by atoms with Crippen LogP contribution in [0.25, 0.3) is 33.0 Å². The van der Waals surface area contributed by atoms with Gasteiger partial charge in [-0.1, -0.05) is 60.7 Å². The number of hydrogen-bond donors (Lipinski definition) is 2. The quantitative estimate of drug-likeness (QED) is 0.594. The van der Waals surface area contributed by atoms with E-state index < -0.39 is 0 Å². The van der Waals surface area contributed by atoms with Gasteiger partial charge in [0.2, 0.25) is 0 Å². The topological polar surface area (TPSA) is 65.7 Å². The molecule has 0 atom stereocenters. The van der Waals surface area contributed by atoms with Gasteiger partial charge in [0.05, 0.1) is 10.8 Å². The maximum absolute atomic E-state index is 12.1. The van der Waals surface area contributed by atoms with Crippen molar-refractivity contribution in [1.29, 1.82) is 0 Å². The van der Waals surface area contributed by atoms with Crippen LogP contribution in [0.4, 0.5) is 0 Å². The second-order valence-corrected chi connectivity index (χ2v) is 5.58. The van der Waals surface area contributed by atoms with Crippen molar-refractivity contribution in [2.24, 2.45) is 0 Å². The zero-order chi connectivity index (χ0) is 16.5. The second-order valence-electron chi connectivity index (χ2n) is 5.58. The first-order valence-electron chi connectivity index (χ1n) is 7.63. The van der Waals surface area contributed by atoms with E-state index in [0.717, 1.165) is 22.3 Å². The number of H-pyrrole nitrogens is 2. The van der Waals surface area contributed by atoms with Crippen LogP contribution in [0.5, 0.6) is 0 Å². The van der Waals surface area contributed by atoms with Crippen LogP contribution >= 0.6 is 0 Å². The lowest BCUT2D eigenvalue weighted by Gasteiger charge is -2.12. The summed E-state index contributed by atoms with van der Waals surface area (Å²) >= 11 is 0. The summed E-state index contributed by atoms with van der Waals surface area (Å²) in [5.74, 6) is 0. The first-order valence-corrected chi connectivity index (χ1v) is 7.63. The van der Waals surface area contributed by atoms with Crippen molar-refractivity contribution in [3.05, 3.63) is 93.5 Å². The third-order valence-electron chi connectivity index (χ3n) is 4.11. The van der Waals surface area contributed by atoms with Crippen molar-refractivity contribution in [2.45, 2.75) is 0 Å². The van der Waals surface area contributed by atoms with Gasteiger partial charge in [-0.15, -0.1) is 0 Å². The molecule has 116 valence electrons. The summed E-state index contributed by atoms with van der Waals surface area (Å²) in [6, 6.07) is 23.3. The van der Waals surface area contributed by atoms with Gasteiger partial charge in [0.25, 0.3) is 11.1 Å². The molecule has 0 radical (unpaired) electrons. The molecule has 1 aromatic heterocycles. The summed E-state index contributed by atoms with van der Waals surface area (Å²) in [6.07, 6.45) is 0. The number of hydrogen-bond acceptors (Lipinski definition) is 2. The Morgan fingerprint density at radius 1 is 0.542 bits per heavy atom. The average Bonchev–Trinajstić information content (AvgIpc) is 2.65. The Bertz CT molecular complexity index is 1040. The smallest absolute Gasteiger partial charge is 0.267 e. The molecular formula is C20H14N2O2. The zero-order valence-electron chi connectivity index (χ0n) is 12.7. The lowest BCUT2D eigenvalue weighted by Crippen LogP contribution is -2.19. The standard InChI is InChI=1S/C20H14N2O2/c23-19-17-11-15(13-7-3-1-4-8-13)16(14-9-5-2-6-10-14)12-18(17)20(24)22-21-19/h1-12H,(H,21,23)(H,22,24). The number of aromatic nitrogens is 2. The molecule has 1 heterocycles. The summed E-state index contributed by atoms with van der Waals surface area (Å²) < 4.78 is 0. The third kappa shape index (κ3) is 2.34. The van der Waals surface area contributed by atoms with Gasteiger partial charge in [0.1, 0.15) is 0 Å². The molecule has 2 N–H and O–H groups in total. The molecule has 0 fully saturated rings. The number of aromatic amines is 2. The van der Waals surface area contributed by atoms with Crippen molar-refractivity contribution < 1.29 is 0 Å². The van der Waals surface area contributed by atoms with E-state index in [9.17, 15) is 9.59 Å². The molecular weight excluding hydrogens is 300 g/mol. The van der Waals surface area contributed by atoms with Gasteiger partial charge < -0.3 is 0 Å². The molecule has 0 aliphatic carbocycles. The van der Waals surface area contributed by atoms with Crippen molar-refractivity contribution in [3.63, 3.8) is 0 Å². The third-order valence-corrected chi connectivity index (χ3v) is 4.11. The minimum absolute atomic E-state index is 0.304. The fraction of sp³-hybridized carbons (Fsp3) is 0. The maximum atomic E-state index is 12.1. The van der Waals surface area contributed by atoms with E-state index in [0.29, 0.717) is 10.8 Å². The highest BCUT2D eigenvalue weighted by Gasteiger charge is 2.12. The van der Waals surface area contributed by atoms with Gasteiger partial charge in [-0.25, -0.2) is 0 Å². The van der Waals surface area contributed by atoms with Crippen LogP contribution in [0.1, 0.15) is 0 Å². The summed E-state index contributed by atoms with van der Waals surface area (Å²) in [7, 11) is 0. The van der Waals surface area contributed by atoms with Crippen LogP contribution in [0, 0.1) is 0 Å². The number of fused-ring (bicyclic) bond motifs is 1. The van der Waals surface area contributed by atoms with E-state index in [1.54, 1.807) is 12.1 Å². The molecule has 0 unspecified atom stereocenters. The highest BCUT2D eigenvalue weighted by atomic mass is 16.1. The van der Waals surface area contributed by atoms with E-state index >= 15 is 0 Å². The van der Waals surface area contributed by atoms with Gasteiger partial charge in [-0.05, 0) is 34.4 Å². The monoisotopic (exact) mass is 314 g/mol. The summed E-state index contributed by atoms with van der Waals surface area (Å²) in [4.78, 5) is 24.3. The summed E-state index contributed by atoms with van der Waals surface area (Å²) in [5.41, 5.74) is 3.23. The predicted octanol–water partition coefficient (Wildman–Crippen LogP) is 3.55. The Hall–Kier alpha value is -3.40. The van der Waals surface area contributed by atoms with Crippen LogP contribution in [0.2, 0.25) is 0 Å². The molecule has 0 saturated carbocycles. The Morgan fingerprint density at radius 2 is 0.917 bits per heavy atom. The molecule has 0 spiro atoms. The lowest BCUT2D eigenvalue weighted by molar-refractivity contribution is 0.977. The van der Waals surface area contributed by atoms with Crippen molar-refractivity contribution >= 4 is 10.8 Å². The summed E-state index contributed by atoms with van der Waals surface area (Å²) in [6.45, 7) is 0. The van der Waals surface area contributed by atoms with Gasteiger partial charge >= 0.3 is 0 Å². The van der Waals surface area contributed by atoms with E-state index in [1.807, 2.05) is 60.7 Å². The van der Waals surface area contributed by atoms with Gasteiger partial charge in [-0.2, -0.15) is 0 Å². The van der Waals surface area contributed by atoms with Crippen LogP contribution < -0.4 is 11.1 Å². The lowest BCUT2D eigenvalue weighted by atomic mass is 9.92. The molecule has 4 heteroatoms. The number of nitrogens with one attached hydrogen (secondary N) is 2. The first kappa shape index (κ1) is 14.2. The average molecular weight is 314 g/mol. The highest BCUT2D eigenvalue weighted by molar-refractivity contribution is 5.95. The summed E-state index contributed by atoms with van der Waals surface area (Å²) in [5, 5.41) is 5.55. The van der Waals surface area contributed by atoms with Crippen molar-refractivity contribution in [2.75, 3.05) is 0 Å². The zero-order valence-corrected chi connectivity index (χ0v) is 12.7. The predicted molar refractivity (Wildman–Crippen MR) is 96.1 cm³/mol. The molecule has 0 bridgehead atoms. The van der Waals surface area contributed by atoms with Crippen LogP contribution in [0.3, 0.4) is 0 Å². The van der Waals surface area contributed by atoms with Crippen molar-refractivity contribution in [1.82, 2.24) is 10.2 Å². The van der Waals surface area contributed by atoms with E-state index in [1.165, 1.54) is 0 Å². The van der Waals surface area contributed by atoms with Gasteiger partial charge in [0, 0.05) is 0 Å². The Kier molecular flexibility index (Phi) is 3.35. The fourth-order valence-electron chi connectivity index (χ4n) is 2.94. The molecule has 4 aromatic rings. The van der Waals surface area contributed by atoms with Gasteiger partial charge in [-0.3, -0.25) is 19.8 Å². The minimum Gasteiger partial charge on any atom is -0.267 e. The number of rotatable bonds is 2. The highest BCUT2D eigenvalue weighted by Crippen LogP contribution is 2.33. The maximum Gasteiger partial charge on any atom is 0.270 e. The largest absolute Gasteiger partial charge is 0.270 e. The molecule has 0 amide bonds. The first-order chi connectivity index (χ1) is 11.7. The Labute approximate surface area is 137 Å². The second kappa shape index (κ2) is 5.66. The Morgan fingerprint density at radius 3 is 1.29 bits per heavy atom. The SMILES string of the molecule is O=c1[nH][nH]c(=O)c2cc(-c3ccccc3)c(-c3ccccc3)cc12. The van der Waals surface area contributed by atoms with E-state index in [4.69, 9.17) is 0 Å². The molecule has 4 rings (SSSR count). The molecule has 4 nitrogen and oxygen atoms in total. The van der Waals surface area contributed by atoms with Crippen molar-refractivity contribution in [3.8, 4) is 22.3 Å².